The smallest absolute Gasteiger partial charge is 0.327 e. The fourth-order valence-electron chi connectivity index (χ4n) is 2.52. The number of rotatable bonds is 10. The van der Waals surface area contributed by atoms with Gasteiger partial charge >= 0.3 is 7.48 Å². The Balaban J connectivity index is 3.35. The zero-order valence-electron chi connectivity index (χ0n) is 16.0. The highest BCUT2D eigenvalue weighted by Gasteiger charge is 2.12. The number of amidine groups is 1. The molecule has 0 spiro atoms. The normalized spacial score (nSPS) is 13.7. The molecule has 1 aromatic rings. The topological polar surface area (TPSA) is 77.2 Å². The van der Waals surface area contributed by atoms with Gasteiger partial charge < -0.3 is 15.4 Å². The van der Waals surface area contributed by atoms with Crippen molar-refractivity contribution in [2.75, 3.05) is 5.32 Å². The Morgan fingerprint density at radius 3 is 2.63 bits per heavy atom. The van der Waals surface area contributed by atoms with Gasteiger partial charge in [0.25, 0.3) is 0 Å². The number of aliphatic hydroxyl groups is 1. The van der Waals surface area contributed by atoms with Crippen molar-refractivity contribution in [3.05, 3.63) is 72.5 Å². The van der Waals surface area contributed by atoms with Crippen molar-refractivity contribution in [2.24, 2.45) is 9.98 Å². The summed E-state index contributed by atoms with van der Waals surface area (Å²) in [6.45, 7) is 14.9. The molecule has 0 aliphatic rings. The molecule has 1 aromatic carbocycles. The van der Waals surface area contributed by atoms with Crippen molar-refractivity contribution in [2.45, 2.75) is 32.9 Å². The second-order valence-corrected chi connectivity index (χ2v) is 5.83. The first-order chi connectivity index (χ1) is 13.0. The molecule has 0 aromatic heterocycles. The van der Waals surface area contributed by atoms with E-state index in [0.717, 1.165) is 30.7 Å². The molecular weight excluding hydrogens is 337 g/mol. The van der Waals surface area contributed by atoms with Gasteiger partial charge in [-0.3, -0.25) is 9.98 Å². The minimum Gasteiger partial charge on any atom is -0.450 e. The molecule has 0 fully saturated rings. The lowest BCUT2D eigenvalue weighted by molar-refractivity contribution is 0.283. The van der Waals surface area contributed by atoms with E-state index in [9.17, 15) is 10.1 Å². The predicted molar refractivity (Wildman–Crippen MR) is 117 cm³/mol. The molecule has 0 aliphatic carbocycles. The summed E-state index contributed by atoms with van der Waals surface area (Å²) in [7, 11) is 0.973. The number of aliphatic hydroxyl groups excluding tert-OH is 1. The van der Waals surface area contributed by atoms with E-state index in [1.807, 2.05) is 19.9 Å². The summed E-state index contributed by atoms with van der Waals surface area (Å²) in [5, 5.41) is 22.0. The molecule has 1 radical (unpaired) electrons. The number of aliphatic imine (C=N–C) groups is 2. The summed E-state index contributed by atoms with van der Waals surface area (Å²) in [5.41, 5.74) is 3.69. The van der Waals surface area contributed by atoms with Crippen LogP contribution in [-0.2, 0) is 6.61 Å². The van der Waals surface area contributed by atoms with Crippen LogP contribution >= 0.6 is 0 Å². The Morgan fingerprint density at radius 2 is 2.11 bits per heavy atom. The summed E-state index contributed by atoms with van der Waals surface area (Å²) in [5.74, 6) is 0.635. The predicted octanol–water partition coefficient (Wildman–Crippen LogP) is 2.91. The molecule has 27 heavy (non-hydrogen) atoms. The number of benzene rings is 1. The highest BCUT2D eigenvalue weighted by Crippen LogP contribution is 2.17. The monoisotopic (exact) mass is 364 g/mol. The third kappa shape index (κ3) is 6.51. The maximum Gasteiger partial charge on any atom is 0.327 e. The van der Waals surface area contributed by atoms with E-state index >= 15 is 0 Å². The van der Waals surface area contributed by atoms with Crippen LogP contribution in [0.2, 0.25) is 0 Å². The average Bonchev–Trinajstić information content (AvgIpc) is 2.69. The molecule has 1 unspecified atom stereocenters. The SMILES string of the molecule is C=C/C=C(\C=C)C(CC)N=C(Nc1ccc([B]O)c(CO)c1)/C(C)=C\N=C. The van der Waals surface area contributed by atoms with Gasteiger partial charge in [0.2, 0.25) is 0 Å². The van der Waals surface area contributed by atoms with Crippen LogP contribution < -0.4 is 10.8 Å². The Hall–Kier alpha value is -2.70. The summed E-state index contributed by atoms with van der Waals surface area (Å²) >= 11 is 0. The summed E-state index contributed by atoms with van der Waals surface area (Å²) in [6.07, 6.45) is 7.80. The summed E-state index contributed by atoms with van der Waals surface area (Å²) in [6, 6.07) is 5.19. The van der Waals surface area contributed by atoms with Crippen LogP contribution in [0.1, 0.15) is 25.8 Å². The second kappa shape index (κ2) is 11.8. The average molecular weight is 364 g/mol. The van der Waals surface area contributed by atoms with Gasteiger partial charge in [-0.1, -0.05) is 44.4 Å². The zero-order valence-corrected chi connectivity index (χ0v) is 16.0. The number of hydrogen-bond donors (Lipinski definition) is 3. The van der Waals surface area contributed by atoms with Crippen molar-refractivity contribution in [3.8, 4) is 0 Å². The fourth-order valence-corrected chi connectivity index (χ4v) is 2.52. The van der Waals surface area contributed by atoms with E-state index in [1.165, 1.54) is 0 Å². The molecule has 5 nitrogen and oxygen atoms in total. The van der Waals surface area contributed by atoms with Crippen LogP contribution in [0.5, 0.6) is 0 Å². The van der Waals surface area contributed by atoms with Crippen molar-refractivity contribution in [3.63, 3.8) is 0 Å². The quantitative estimate of drug-likeness (QED) is 0.259. The number of allylic oxidation sites excluding steroid dienone is 2. The molecule has 1 rings (SSSR count). The lowest BCUT2D eigenvalue weighted by Crippen LogP contribution is -2.22. The standard InChI is InChI=1S/C21H27BN3O2/c1-6-9-16(7-2)20(8-3)25-21(15(4)13-23-5)24-18-10-11-19(22-27)17(12-18)14-26/h6-7,9-13,20,26-27H,1-2,5,8,14H2,3-4H3,(H,24,25)/b15-13-,16-9+. The highest BCUT2D eigenvalue weighted by atomic mass is 16.3. The van der Waals surface area contributed by atoms with Crippen LogP contribution in [-0.4, -0.2) is 36.2 Å². The Labute approximate surface area is 162 Å². The van der Waals surface area contributed by atoms with E-state index in [1.54, 1.807) is 36.6 Å². The van der Waals surface area contributed by atoms with E-state index in [2.05, 4.69) is 30.2 Å². The maximum atomic E-state index is 9.50. The minimum atomic E-state index is -0.183. The lowest BCUT2D eigenvalue weighted by Gasteiger charge is -2.17. The van der Waals surface area contributed by atoms with Gasteiger partial charge in [0, 0.05) is 17.5 Å². The first-order valence-electron chi connectivity index (χ1n) is 8.68. The van der Waals surface area contributed by atoms with E-state index in [0.29, 0.717) is 16.9 Å². The number of nitrogens with zero attached hydrogens (tertiary/aromatic N) is 2. The van der Waals surface area contributed by atoms with Crippen LogP contribution in [0.3, 0.4) is 0 Å². The highest BCUT2D eigenvalue weighted by molar-refractivity contribution is 6.46. The second-order valence-electron chi connectivity index (χ2n) is 5.83. The number of hydrogen-bond acceptors (Lipinski definition) is 4. The zero-order chi connectivity index (χ0) is 20.2. The molecule has 3 N–H and O–H groups in total. The summed E-state index contributed by atoms with van der Waals surface area (Å²) in [4.78, 5) is 8.67. The lowest BCUT2D eigenvalue weighted by atomic mass is 9.84. The van der Waals surface area contributed by atoms with Gasteiger partial charge in [0.05, 0.1) is 12.6 Å². The molecule has 0 saturated heterocycles. The number of anilines is 1. The molecule has 0 bridgehead atoms. The van der Waals surface area contributed by atoms with Gasteiger partial charge in [0.15, 0.2) is 0 Å². The van der Waals surface area contributed by atoms with Gasteiger partial charge in [-0.15, -0.1) is 0 Å². The first kappa shape index (κ1) is 22.3. The Kier molecular flexibility index (Phi) is 9.79. The molecule has 0 heterocycles. The molecule has 0 aliphatic heterocycles. The third-order valence-electron chi connectivity index (χ3n) is 3.98. The van der Waals surface area contributed by atoms with E-state index in [-0.39, 0.29) is 12.6 Å². The first-order valence-corrected chi connectivity index (χ1v) is 8.68. The van der Waals surface area contributed by atoms with E-state index in [4.69, 9.17) is 4.99 Å². The van der Waals surface area contributed by atoms with Crippen molar-refractivity contribution >= 4 is 31.2 Å². The molecule has 0 amide bonds. The molecular formula is C21H27BN3O2. The largest absolute Gasteiger partial charge is 0.450 e. The Bertz CT molecular complexity index is 767. The van der Waals surface area contributed by atoms with Crippen molar-refractivity contribution in [1.82, 2.24) is 0 Å². The van der Waals surface area contributed by atoms with Crippen LogP contribution in [0, 0.1) is 0 Å². The third-order valence-corrected chi connectivity index (χ3v) is 3.98. The molecule has 141 valence electrons. The van der Waals surface area contributed by atoms with Gasteiger partial charge in [-0.2, -0.15) is 0 Å². The van der Waals surface area contributed by atoms with Crippen molar-refractivity contribution in [1.29, 1.82) is 0 Å². The van der Waals surface area contributed by atoms with Crippen LogP contribution in [0.25, 0.3) is 0 Å². The Morgan fingerprint density at radius 1 is 1.37 bits per heavy atom. The van der Waals surface area contributed by atoms with Crippen LogP contribution in [0.15, 0.2) is 76.9 Å². The maximum absolute atomic E-state index is 9.50. The molecule has 6 heteroatoms. The molecule has 0 saturated carbocycles. The molecule has 1 atom stereocenters. The van der Waals surface area contributed by atoms with Gasteiger partial charge in [0.1, 0.15) is 5.84 Å². The van der Waals surface area contributed by atoms with E-state index < -0.39 is 0 Å². The minimum absolute atomic E-state index is 0.0986. The van der Waals surface area contributed by atoms with Gasteiger partial charge in [-0.25, -0.2) is 0 Å². The fraction of sp³-hybridized carbons (Fsp3) is 0.238. The van der Waals surface area contributed by atoms with Crippen molar-refractivity contribution < 1.29 is 10.1 Å². The van der Waals surface area contributed by atoms with Gasteiger partial charge in [-0.05, 0) is 48.8 Å². The summed E-state index contributed by atoms with van der Waals surface area (Å²) < 4.78 is 0. The number of nitrogens with one attached hydrogen (secondary N) is 1. The van der Waals surface area contributed by atoms with Crippen LogP contribution in [0.4, 0.5) is 5.69 Å².